The van der Waals surface area contributed by atoms with E-state index < -0.39 is 0 Å². The van der Waals surface area contributed by atoms with Gasteiger partial charge in [-0.05, 0) is 47.0 Å². The van der Waals surface area contributed by atoms with Gasteiger partial charge in [-0.15, -0.1) is 0 Å². The largest absolute Gasteiger partial charge is 0.394 e. The van der Waals surface area contributed by atoms with E-state index in [9.17, 15) is 9.90 Å². The molecule has 0 saturated heterocycles. The van der Waals surface area contributed by atoms with E-state index in [1.54, 1.807) is 0 Å². The molecule has 1 aliphatic rings. The maximum absolute atomic E-state index is 12.0. The summed E-state index contributed by atoms with van der Waals surface area (Å²) in [6, 6.07) is -0.247. The average molecular weight is 402 g/mol. The first-order chi connectivity index (χ1) is 13.3. The summed E-state index contributed by atoms with van der Waals surface area (Å²) in [5, 5.41) is 12.5. The lowest BCUT2D eigenvalue weighted by Crippen LogP contribution is -2.38. The van der Waals surface area contributed by atoms with Gasteiger partial charge in [-0.3, -0.25) is 4.79 Å². The SMILES string of the molecule is CCCCCC(=O)NC(CO)CCOC1C[C@H](OC(C)C)C[C@H]1COC(C)C. The van der Waals surface area contributed by atoms with Gasteiger partial charge in [0.1, 0.15) is 0 Å². The lowest BCUT2D eigenvalue weighted by Gasteiger charge is -2.22. The van der Waals surface area contributed by atoms with Gasteiger partial charge < -0.3 is 24.6 Å². The minimum absolute atomic E-state index is 0.0157. The zero-order valence-electron chi connectivity index (χ0n) is 18.6. The Hall–Kier alpha value is -0.690. The molecule has 1 rings (SSSR count). The van der Waals surface area contributed by atoms with Crippen LogP contribution in [-0.4, -0.2) is 61.3 Å². The number of hydrogen-bond donors (Lipinski definition) is 2. The van der Waals surface area contributed by atoms with E-state index in [1.807, 2.05) is 13.8 Å². The van der Waals surface area contributed by atoms with Crippen LogP contribution in [-0.2, 0) is 19.0 Å². The van der Waals surface area contributed by atoms with E-state index in [1.165, 1.54) is 0 Å². The number of carbonyl (C=O) groups is 1. The van der Waals surface area contributed by atoms with Crippen molar-refractivity contribution in [2.45, 2.75) is 110 Å². The maximum Gasteiger partial charge on any atom is 0.220 e. The van der Waals surface area contributed by atoms with E-state index in [0.717, 1.165) is 32.1 Å². The summed E-state index contributed by atoms with van der Waals surface area (Å²) in [5.74, 6) is 0.337. The number of aliphatic hydroxyl groups excluding tert-OH is 1. The highest BCUT2D eigenvalue weighted by Crippen LogP contribution is 2.32. The molecule has 0 aromatic rings. The fraction of sp³-hybridized carbons (Fsp3) is 0.955. The van der Waals surface area contributed by atoms with Gasteiger partial charge >= 0.3 is 0 Å². The number of amides is 1. The minimum Gasteiger partial charge on any atom is -0.394 e. The zero-order chi connectivity index (χ0) is 20.9. The van der Waals surface area contributed by atoms with Crippen molar-refractivity contribution in [2.24, 2.45) is 5.92 Å². The Morgan fingerprint density at radius 1 is 1.14 bits per heavy atom. The van der Waals surface area contributed by atoms with Crippen LogP contribution in [0.15, 0.2) is 0 Å². The van der Waals surface area contributed by atoms with E-state index in [2.05, 4.69) is 26.1 Å². The summed E-state index contributed by atoms with van der Waals surface area (Å²) in [5.41, 5.74) is 0. The van der Waals surface area contributed by atoms with Crippen LogP contribution in [0.25, 0.3) is 0 Å². The van der Waals surface area contributed by atoms with Crippen LogP contribution >= 0.6 is 0 Å². The molecule has 6 heteroatoms. The third kappa shape index (κ3) is 10.7. The van der Waals surface area contributed by atoms with Crippen molar-refractivity contribution in [3.8, 4) is 0 Å². The smallest absolute Gasteiger partial charge is 0.220 e. The van der Waals surface area contributed by atoms with E-state index >= 15 is 0 Å². The molecule has 0 spiro atoms. The zero-order valence-corrected chi connectivity index (χ0v) is 18.6. The topological polar surface area (TPSA) is 77.0 Å². The summed E-state index contributed by atoms with van der Waals surface area (Å²) in [4.78, 5) is 12.0. The summed E-state index contributed by atoms with van der Waals surface area (Å²) in [7, 11) is 0. The lowest BCUT2D eigenvalue weighted by atomic mass is 10.1. The summed E-state index contributed by atoms with van der Waals surface area (Å²) in [6.45, 7) is 11.4. The normalized spacial score (nSPS) is 23.5. The van der Waals surface area contributed by atoms with Crippen molar-refractivity contribution < 1.29 is 24.1 Å². The first-order valence-electron chi connectivity index (χ1n) is 11.1. The van der Waals surface area contributed by atoms with Crippen molar-refractivity contribution in [3.05, 3.63) is 0 Å². The molecule has 166 valence electrons. The number of aliphatic hydroxyl groups is 1. The Labute approximate surface area is 171 Å². The predicted octanol–water partition coefficient (Wildman–Crippen LogP) is 3.45. The van der Waals surface area contributed by atoms with Gasteiger partial charge in [0.25, 0.3) is 0 Å². The highest BCUT2D eigenvalue weighted by atomic mass is 16.5. The Bertz CT molecular complexity index is 416. The first kappa shape index (κ1) is 25.3. The summed E-state index contributed by atoms with van der Waals surface area (Å²) in [6.07, 6.45) is 6.72. The molecular weight excluding hydrogens is 358 g/mol. The number of rotatable bonds is 15. The van der Waals surface area contributed by atoms with Crippen LogP contribution in [0.4, 0.5) is 0 Å². The Morgan fingerprint density at radius 2 is 1.89 bits per heavy atom. The van der Waals surface area contributed by atoms with Gasteiger partial charge in [0, 0.05) is 25.4 Å². The molecule has 1 fully saturated rings. The van der Waals surface area contributed by atoms with Gasteiger partial charge in [-0.1, -0.05) is 19.8 Å². The van der Waals surface area contributed by atoms with Gasteiger partial charge in [-0.25, -0.2) is 0 Å². The molecule has 0 heterocycles. The highest BCUT2D eigenvalue weighted by Gasteiger charge is 2.36. The van der Waals surface area contributed by atoms with Crippen molar-refractivity contribution in [3.63, 3.8) is 0 Å². The molecule has 1 saturated carbocycles. The molecule has 4 atom stereocenters. The molecule has 2 N–H and O–H groups in total. The van der Waals surface area contributed by atoms with Crippen LogP contribution in [0.1, 0.15) is 79.6 Å². The van der Waals surface area contributed by atoms with Crippen molar-refractivity contribution in [2.75, 3.05) is 19.8 Å². The molecule has 0 aromatic carbocycles. The second-order valence-electron chi connectivity index (χ2n) is 8.52. The van der Waals surface area contributed by atoms with Crippen LogP contribution in [0.5, 0.6) is 0 Å². The number of unbranched alkanes of at least 4 members (excludes halogenated alkanes) is 2. The standard InChI is InChI=1S/C22H43NO5/c1-6-7-8-9-22(25)23-19(14-24)10-11-26-21-13-20(28-17(4)5)12-18(21)15-27-16(2)3/h16-21,24H,6-15H2,1-5H3,(H,23,25)/t18-,19?,20+,21?/m0/s1. The Kier molecular flexibility index (Phi) is 13.0. The molecule has 28 heavy (non-hydrogen) atoms. The van der Waals surface area contributed by atoms with E-state index in [0.29, 0.717) is 32.0 Å². The van der Waals surface area contributed by atoms with Crippen LogP contribution in [0, 0.1) is 5.92 Å². The van der Waals surface area contributed by atoms with Crippen LogP contribution < -0.4 is 5.32 Å². The molecule has 1 amide bonds. The lowest BCUT2D eigenvalue weighted by molar-refractivity contribution is -0.122. The van der Waals surface area contributed by atoms with Crippen molar-refractivity contribution >= 4 is 5.91 Å². The fourth-order valence-electron chi connectivity index (χ4n) is 3.63. The molecule has 2 unspecified atom stereocenters. The Balaban J connectivity index is 2.41. The third-order valence-electron chi connectivity index (χ3n) is 5.09. The second-order valence-corrected chi connectivity index (χ2v) is 8.52. The monoisotopic (exact) mass is 401 g/mol. The summed E-state index contributed by atoms with van der Waals surface area (Å²) < 4.78 is 18.0. The molecule has 0 bridgehead atoms. The van der Waals surface area contributed by atoms with E-state index in [4.69, 9.17) is 14.2 Å². The molecule has 0 aromatic heterocycles. The number of carbonyl (C=O) groups excluding carboxylic acids is 1. The third-order valence-corrected chi connectivity index (χ3v) is 5.09. The first-order valence-corrected chi connectivity index (χ1v) is 11.1. The van der Waals surface area contributed by atoms with Crippen LogP contribution in [0.2, 0.25) is 0 Å². The average Bonchev–Trinajstić information content (AvgIpc) is 3.00. The van der Waals surface area contributed by atoms with Gasteiger partial charge in [0.15, 0.2) is 0 Å². The predicted molar refractivity (Wildman–Crippen MR) is 111 cm³/mol. The Morgan fingerprint density at radius 3 is 2.50 bits per heavy atom. The van der Waals surface area contributed by atoms with Crippen LogP contribution in [0.3, 0.4) is 0 Å². The molecule has 0 aliphatic heterocycles. The fourth-order valence-corrected chi connectivity index (χ4v) is 3.63. The minimum atomic E-state index is -0.247. The van der Waals surface area contributed by atoms with Crippen molar-refractivity contribution in [1.82, 2.24) is 5.32 Å². The maximum atomic E-state index is 12.0. The number of ether oxygens (including phenoxy) is 3. The highest BCUT2D eigenvalue weighted by molar-refractivity contribution is 5.76. The quantitative estimate of drug-likeness (QED) is 0.411. The molecule has 1 aliphatic carbocycles. The summed E-state index contributed by atoms with van der Waals surface area (Å²) >= 11 is 0. The molecule has 0 radical (unpaired) electrons. The van der Waals surface area contributed by atoms with Crippen molar-refractivity contribution in [1.29, 1.82) is 0 Å². The van der Waals surface area contributed by atoms with Gasteiger partial charge in [0.2, 0.25) is 5.91 Å². The molecule has 6 nitrogen and oxygen atoms in total. The second kappa shape index (κ2) is 14.3. The molecular formula is C22H43NO5. The van der Waals surface area contributed by atoms with Gasteiger partial charge in [-0.2, -0.15) is 0 Å². The number of nitrogens with one attached hydrogen (secondary N) is 1. The van der Waals surface area contributed by atoms with Gasteiger partial charge in [0.05, 0.1) is 43.7 Å². The van der Waals surface area contributed by atoms with E-state index in [-0.39, 0.29) is 43.0 Å². The number of hydrogen-bond acceptors (Lipinski definition) is 5.